The Morgan fingerprint density at radius 2 is 1.88 bits per heavy atom. The summed E-state index contributed by atoms with van der Waals surface area (Å²) in [5.41, 5.74) is 3.40. The van der Waals surface area contributed by atoms with Crippen LogP contribution in [0.1, 0.15) is 18.9 Å². The first kappa shape index (κ1) is 10.9. The zero-order chi connectivity index (χ0) is 11.4. The van der Waals surface area contributed by atoms with Gasteiger partial charge in [0.2, 0.25) is 0 Å². The molecule has 0 saturated carbocycles. The van der Waals surface area contributed by atoms with E-state index in [1.165, 1.54) is 11.1 Å². The van der Waals surface area contributed by atoms with Gasteiger partial charge in [-0.25, -0.2) is 0 Å². The first-order valence-corrected chi connectivity index (χ1v) is 5.80. The van der Waals surface area contributed by atoms with E-state index in [9.17, 15) is 0 Å². The third kappa shape index (κ3) is 2.48. The van der Waals surface area contributed by atoms with Crippen molar-refractivity contribution in [2.24, 2.45) is 5.92 Å². The third-order valence-corrected chi connectivity index (χ3v) is 2.98. The normalized spacial score (nSPS) is 19.7. The van der Waals surface area contributed by atoms with Gasteiger partial charge in [0.15, 0.2) is 0 Å². The van der Waals surface area contributed by atoms with E-state index >= 15 is 0 Å². The lowest BCUT2D eigenvalue weighted by molar-refractivity contribution is 0.800. The lowest BCUT2D eigenvalue weighted by Gasteiger charge is -2.16. The van der Waals surface area contributed by atoms with E-state index in [4.69, 9.17) is 5.41 Å². The van der Waals surface area contributed by atoms with Crippen molar-refractivity contribution in [3.05, 3.63) is 59.7 Å². The number of benzene rings is 1. The van der Waals surface area contributed by atoms with Crippen LogP contribution in [0, 0.1) is 11.3 Å². The van der Waals surface area contributed by atoms with Crippen molar-refractivity contribution in [3.63, 3.8) is 0 Å². The van der Waals surface area contributed by atoms with Crippen molar-refractivity contribution in [1.29, 1.82) is 5.41 Å². The van der Waals surface area contributed by atoms with Crippen molar-refractivity contribution in [1.82, 2.24) is 0 Å². The number of nitrogens with one attached hydrogen (secondary N) is 1. The van der Waals surface area contributed by atoms with Crippen LogP contribution in [0.2, 0.25) is 0 Å². The zero-order valence-corrected chi connectivity index (χ0v) is 9.61. The van der Waals surface area contributed by atoms with E-state index in [1.807, 2.05) is 12.1 Å². The summed E-state index contributed by atoms with van der Waals surface area (Å²) in [6.07, 6.45) is 8.23. The molecular weight excluding hydrogens is 194 g/mol. The molecule has 82 valence electrons. The quantitative estimate of drug-likeness (QED) is 0.787. The Labute approximate surface area is 97.0 Å². The minimum absolute atomic E-state index is 0.309. The lowest BCUT2D eigenvalue weighted by Crippen LogP contribution is -2.12. The van der Waals surface area contributed by atoms with Gasteiger partial charge in [0, 0.05) is 11.6 Å². The van der Waals surface area contributed by atoms with Gasteiger partial charge in [-0.3, -0.25) is 0 Å². The molecule has 0 saturated heterocycles. The Kier molecular flexibility index (Phi) is 3.35. The summed E-state index contributed by atoms with van der Waals surface area (Å²) in [6.45, 7) is 2.13. The van der Waals surface area contributed by atoms with Crippen LogP contribution in [0.3, 0.4) is 0 Å². The topological polar surface area (TPSA) is 23.9 Å². The standard InChI is InChI=1S/C15H17N/c1-2-14-11-13(8-9-15(14)16)10-12-6-4-3-5-7-12/h3-9,11,14,16H,2,10H2,1H3. The molecule has 0 fully saturated rings. The van der Waals surface area contributed by atoms with Crippen molar-refractivity contribution in [2.75, 3.05) is 0 Å². The third-order valence-electron chi connectivity index (χ3n) is 2.98. The number of allylic oxidation sites excluding steroid dienone is 4. The molecule has 1 aliphatic rings. The highest BCUT2D eigenvalue weighted by Gasteiger charge is 2.12. The summed E-state index contributed by atoms with van der Waals surface area (Å²) in [5.74, 6) is 0.309. The maximum atomic E-state index is 7.78. The molecule has 0 radical (unpaired) electrons. The van der Waals surface area contributed by atoms with Crippen LogP contribution < -0.4 is 0 Å². The van der Waals surface area contributed by atoms with Crippen LogP contribution in [0.15, 0.2) is 54.1 Å². The monoisotopic (exact) mass is 211 g/mol. The highest BCUT2D eigenvalue weighted by atomic mass is 14.4. The fourth-order valence-corrected chi connectivity index (χ4v) is 2.01. The molecule has 1 aromatic carbocycles. The maximum Gasteiger partial charge on any atom is 0.0382 e. The smallest absolute Gasteiger partial charge is 0.0382 e. The summed E-state index contributed by atoms with van der Waals surface area (Å²) >= 11 is 0. The predicted octanol–water partition coefficient (Wildman–Crippen LogP) is 3.77. The summed E-state index contributed by atoms with van der Waals surface area (Å²) in [5, 5.41) is 7.78. The van der Waals surface area contributed by atoms with Crippen molar-refractivity contribution in [3.8, 4) is 0 Å². The van der Waals surface area contributed by atoms with E-state index in [2.05, 4.69) is 43.3 Å². The Morgan fingerprint density at radius 1 is 1.12 bits per heavy atom. The summed E-state index contributed by atoms with van der Waals surface area (Å²) in [6, 6.07) is 10.5. The molecule has 1 N–H and O–H groups in total. The fourth-order valence-electron chi connectivity index (χ4n) is 2.01. The minimum Gasteiger partial charge on any atom is -0.305 e. The highest BCUT2D eigenvalue weighted by Crippen LogP contribution is 2.19. The van der Waals surface area contributed by atoms with Crippen LogP contribution in [0.4, 0.5) is 0 Å². The second-order valence-electron chi connectivity index (χ2n) is 4.21. The first-order chi connectivity index (χ1) is 7.79. The number of rotatable bonds is 3. The Hall–Kier alpha value is -1.63. The molecule has 0 aliphatic heterocycles. The van der Waals surface area contributed by atoms with Crippen molar-refractivity contribution >= 4 is 5.71 Å². The zero-order valence-electron chi connectivity index (χ0n) is 9.61. The molecule has 0 amide bonds. The molecule has 1 aromatic rings. The first-order valence-electron chi connectivity index (χ1n) is 5.80. The molecule has 0 spiro atoms. The average molecular weight is 211 g/mol. The molecule has 1 heteroatoms. The second kappa shape index (κ2) is 4.93. The van der Waals surface area contributed by atoms with Crippen LogP contribution in [-0.2, 0) is 6.42 Å². The maximum absolute atomic E-state index is 7.78. The van der Waals surface area contributed by atoms with Gasteiger partial charge in [0.25, 0.3) is 0 Å². The van der Waals surface area contributed by atoms with E-state index in [-0.39, 0.29) is 0 Å². The van der Waals surface area contributed by atoms with Gasteiger partial charge in [-0.2, -0.15) is 0 Å². The summed E-state index contributed by atoms with van der Waals surface area (Å²) < 4.78 is 0. The van der Waals surface area contributed by atoms with Gasteiger partial charge < -0.3 is 5.41 Å². The van der Waals surface area contributed by atoms with Gasteiger partial charge in [-0.05, 0) is 30.1 Å². The van der Waals surface area contributed by atoms with Gasteiger partial charge >= 0.3 is 0 Å². The van der Waals surface area contributed by atoms with Crippen LogP contribution in [0.25, 0.3) is 0 Å². The number of hydrogen-bond donors (Lipinski definition) is 1. The lowest BCUT2D eigenvalue weighted by atomic mass is 9.90. The minimum atomic E-state index is 0.309. The van der Waals surface area contributed by atoms with E-state index < -0.39 is 0 Å². The molecule has 0 bridgehead atoms. The van der Waals surface area contributed by atoms with Gasteiger partial charge in [0.1, 0.15) is 0 Å². The molecule has 1 aliphatic carbocycles. The van der Waals surface area contributed by atoms with Crippen LogP contribution in [-0.4, -0.2) is 5.71 Å². The molecule has 16 heavy (non-hydrogen) atoms. The largest absolute Gasteiger partial charge is 0.305 e. The average Bonchev–Trinajstić information content (AvgIpc) is 2.33. The molecule has 2 rings (SSSR count). The molecule has 0 heterocycles. The Bertz CT molecular complexity index is 426. The van der Waals surface area contributed by atoms with Crippen LogP contribution >= 0.6 is 0 Å². The number of hydrogen-bond acceptors (Lipinski definition) is 1. The van der Waals surface area contributed by atoms with Crippen molar-refractivity contribution in [2.45, 2.75) is 19.8 Å². The van der Waals surface area contributed by atoms with E-state index in [0.29, 0.717) is 5.92 Å². The van der Waals surface area contributed by atoms with Crippen LogP contribution in [0.5, 0.6) is 0 Å². The van der Waals surface area contributed by atoms with Gasteiger partial charge in [-0.15, -0.1) is 0 Å². The SMILES string of the molecule is CCC1C=C(Cc2ccccc2)C=CC1=N. The predicted molar refractivity (Wildman–Crippen MR) is 68.9 cm³/mol. The Balaban J connectivity index is 2.12. The molecular formula is C15H17N. The van der Waals surface area contributed by atoms with E-state index in [0.717, 1.165) is 18.6 Å². The van der Waals surface area contributed by atoms with Crippen molar-refractivity contribution < 1.29 is 0 Å². The fraction of sp³-hybridized carbons (Fsp3) is 0.267. The summed E-state index contributed by atoms with van der Waals surface area (Å²) in [4.78, 5) is 0. The second-order valence-corrected chi connectivity index (χ2v) is 4.21. The van der Waals surface area contributed by atoms with Gasteiger partial charge in [0.05, 0.1) is 0 Å². The van der Waals surface area contributed by atoms with Gasteiger partial charge in [-0.1, -0.05) is 49.4 Å². The molecule has 1 nitrogen and oxygen atoms in total. The van der Waals surface area contributed by atoms with E-state index in [1.54, 1.807) is 0 Å². The summed E-state index contributed by atoms with van der Waals surface area (Å²) in [7, 11) is 0. The molecule has 0 aromatic heterocycles. The highest BCUT2D eigenvalue weighted by molar-refractivity contribution is 5.97. The Morgan fingerprint density at radius 3 is 2.56 bits per heavy atom. The molecule has 1 unspecified atom stereocenters. The molecule has 1 atom stereocenters.